The maximum absolute atomic E-state index is 14.9. The van der Waals surface area contributed by atoms with Crippen molar-refractivity contribution < 1.29 is 23.5 Å². The van der Waals surface area contributed by atoms with E-state index in [1.165, 1.54) is 12.8 Å². The van der Waals surface area contributed by atoms with Crippen molar-refractivity contribution in [3.63, 3.8) is 0 Å². The maximum Gasteiger partial charge on any atom is 0.306 e. The number of nitrogens with zero attached hydrogens (tertiary/aromatic N) is 1. The van der Waals surface area contributed by atoms with E-state index in [-0.39, 0.29) is 11.9 Å². The molecule has 33 heavy (non-hydrogen) atoms. The Morgan fingerprint density at radius 3 is 2.64 bits per heavy atom. The monoisotopic (exact) mass is 452 g/mol. The highest BCUT2D eigenvalue weighted by Crippen LogP contribution is 2.34. The van der Waals surface area contributed by atoms with Crippen LogP contribution in [0.5, 0.6) is 5.75 Å². The molecule has 7 heteroatoms. The Kier molecular flexibility index (Phi) is 6.31. The fourth-order valence-electron chi connectivity index (χ4n) is 4.38. The third kappa shape index (κ3) is 5.53. The molecule has 2 aliphatic heterocycles. The predicted molar refractivity (Wildman–Crippen MR) is 120 cm³/mol. The van der Waals surface area contributed by atoms with Crippen molar-refractivity contribution in [2.75, 3.05) is 13.2 Å². The average molecular weight is 453 g/mol. The number of benzene rings is 2. The molecule has 1 N–H and O–H groups in total. The zero-order chi connectivity index (χ0) is 22.8. The van der Waals surface area contributed by atoms with E-state index in [4.69, 9.17) is 9.47 Å². The summed E-state index contributed by atoms with van der Waals surface area (Å²) in [6.45, 7) is 2.83. The van der Waals surface area contributed by atoms with Crippen molar-refractivity contribution in [1.82, 2.24) is 10.2 Å². The smallest absolute Gasteiger partial charge is 0.306 e. The molecule has 1 amide bonds. The maximum atomic E-state index is 14.9. The lowest BCUT2D eigenvalue weighted by Gasteiger charge is -2.31. The van der Waals surface area contributed by atoms with Crippen LogP contribution in [0.3, 0.4) is 0 Å². The van der Waals surface area contributed by atoms with Gasteiger partial charge in [-0.25, -0.2) is 4.39 Å². The molecule has 0 aromatic heterocycles. The molecule has 2 heterocycles. The summed E-state index contributed by atoms with van der Waals surface area (Å²) in [5.41, 5.74) is 3.82. The Labute approximate surface area is 193 Å². The van der Waals surface area contributed by atoms with Gasteiger partial charge in [0.05, 0.1) is 6.61 Å². The van der Waals surface area contributed by atoms with Crippen LogP contribution < -0.4 is 10.1 Å². The van der Waals surface area contributed by atoms with Crippen LogP contribution in [0.25, 0.3) is 0 Å². The van der Waals surface area contributed by atoms with Crippen LogP contribution in [0, 0.1) is 5.92 Å². The lowest BCUT2D eigenvalue weighted by Crippen LogP contribution is -2.34. The number of hydrogen-bond acceptors (Lipinski definition) is 5. The number of ether oxygens (including phenoxy) is 2. The first-order chi connectivity index (χ1) is 16.0. The third-order valence-electron chi connectivity index (χ3n) is 6.52. The molecule has 0 spiro atoms. The molecule has 1 saturated carbocycles. The lowest BCUT2D eigenvalue weighted by molar-refractivity contribution is -0.148. The summed E-state index contributed by atoms with van der Waals surface area (Å²) in [6.07, 6.45) is 1.50. The standard InChI is InChI=1S/C26H29FN2O4/c27-23-15-29(14-20-7-8-21(11-22(20)23)32-16-19-5-6-19)13-18-3-1-17(2-4-18)12-28-26(31)24-9-10-25(30)33-24/h1-4,7-8,11,19,23-24H,5-6,9-10,12-16H2,(H,28,31). The van der Waals surface area contributed by atoms with Gasteiger partial charge in [0.15, 0.2) is 6.10 Å². The van der Waals surface area contributed by atoms with Gasteiger partial charge < -0.3 is 14.8 Å². The molecule has 2 atom stereocenters. The number of amides is 1. The summed E-state index contributed by atoms with van der Waals surface area (Å²) in [5, 5.41) is 2.82. The number of rotatable bonds is 8. The van der Waals surface area contributed by atoms with Crippen molar-refractivity contribution in [1.29, 1.82) is 0 Å². The third-order valence-corrected chi connectivity index (χ3v) is 6.52. The molecular weight excluding hydrogens is 423 g/mol. The van der Waals surface area contributed by atoms with Crippen LogP contribution in [0.2, 0.25) is 0 Å². The zero-order valence-corrected chi connectivity index (χ0v) is 18.6. The van der Waals surface area contributed by atoms with Gasteiger partial charge in [0.25, 0.3) is 5.91 Å². The van der Waals surface area contributed by atoms with Crippen LogP contribution in [0.1, 0.15) is 54.1 Å². The van der Waals surface area contributed by atoms with E-state index in [1.54, 1.807) is 0 Å². The Morgan fingerprint density at radius 1 is 1.12 bits per heavy atom. The molecule has 5 rings (SSSR count). The second kappa shape index (κ2) is 9.51. The zero-order valence-electron chi connectivity index (χ0n) is 18.6. The van der Waals surface area contributed by atoms with Gasteiger partial charge in [0.2, 0.25) is 0 Å². The van der Waals surface area contributed by atoms with Gasteiger partial charge in [-0.05, 0) is 53.1 Å². The molecule has 3 aliphatic rings. The van der Waals surface area contributed by atoms with Crippen molar-refractivity contribution in [2.45, 2.75) is 57.6 Å². The summed E-state index contributed by atoms with van der Waals surface area (Å²) in [4.78, 5) is 25.3. The largest absolute Gasteiger partial charge is 0.493 e. The number of carbonyl (C=O) groups is 2. The predicted octanol–water partition coefficient (Wildman–Crippen LogP) is 3.82. The minimum absolute atomic E-state index is 0.257. The number of halogens is 1. The number of alkyl halides is 1. The number of fused-ring (bicyclic) bond motifs is 1. The van der Waals surface area contributed by atoms with Gasteiger partial charge in [-0.3, -0.25) is 14.5 Å². The van der Waals surface area contributed by atoms with Crippen LogP contribution in [-0.4, -0.2) is 36.0 Å². The summed E-state index contributed by atoms with van der Waals surface area (Å²) in [7, 11) is 0. The van der Waals surface area contributed by atoms with E-state index >= 15 is 0 Å². The molecule has 2 aromatic carbocycles. The number of esters is 1. The summed E-state index contributed by atoms with van der Waals surface area (Å²) in [5.74, 6) is 0.863. The van der Waals surface area contributed by atoms with E-state index < -0.39 is 12.3 Å². The second-order valence-corrected chi connectivity index (χ2v) is 9.30. The number of hydrogen-bond donors (Lipinski definition) is 1. The molecule has 2 aromatic rings. The van der Waals surface area contributed by atoms with Crippen molar-refractivity contribution in [2.24, 2.45) is 5.92 Å². The number of nitrogens with one attached hydrogen (secondary N) is 1. The number of cyclic esters (lactones) is 1. The number of carbonyl (C=O) groups excluding carboxylic acids is 2. The quantitative estimate of drug-likeness (QED) is 0.617. The Balaban J connectivity index is 1.13. The highest BCUT2D eigenvalue weighted by molar-refractivity contribution is 5.86. The van der Waals surface area contributed by atoms with Crippen molar-refractivity contribution in [3.8, 4) is 5.75 Å². The Morgan fingerprint density at radius 2 is 1.91 bits per heavy atom. The van der Waals surface area contributed by atoms with Gasteiger partial charge in [-0.1, -0.05) is 30.3 Å². The van der Waals surface area contributed by atoms with Crippen LogP contribution in [0.15, 0.2) is 42.5 Å². The first-order valence-electron chi connectivity index (χ1n) is 11.7. The molecule has 1 saturated heterocycles. The van der Waals surface area contributed by atoms with E-state index in [1.807, 2.05) is 42.5 Å². The van der Waals surface area contributed by atoms with E-state index in [2.05, 4.69) is 10.2 Å². The first kappa shape index (κ1) is 21.9. The lowest BCUT2D eigenvalue weighted by atomic mass is 9.97. The summed E-state index contributed by atoms with van der Waals surface area (Å²) >= 11 is 0. The molecule has 6 nitrogen and oxygen atoms in total. The van der Waals surface area contributed by atoms with E-state index in [0.717, 1.165) is 34.6 Å². The normalized spacial score (nSPS) is 22.5. The topological polar surface area (TPSA) is 67.9 Å². The molecule has 0 radical (unpaired) electrons. The molecule has 1 aliphatic carbocycles. The first-order valence-corrected chi connectivity index (χ1v) is 11.7. The molecule has 2 fully saturated rings. The fourth-order valence-corrected chi connectivity index (χ4v) is 4.38. The van der Waals surface area contributed by atoms with E-state index in [0.29, 0.717) is 44.9 Å². The minimum Gasteiger partial charge on any atom is -0.493 e. The van der Waals surface area contributed by atoms with Gasteiger partial charge in [0, 0.05) is 39.0 Å². The minimum atomic E-state index is -1.03. The van der Waals surface area contributed by atoms with Crippen LogP contribution in [-0.2, 0) is 34.0 Å². The summed E-state index contributed by atoms with van der Waals surface area (Å²) in [6, 6.07) is 13.8. The second-order valence-electron chi connectivity index (χ2n) is 9.30. The molecule has 2 unspecified atom stereocenters. The van der Waals surface area contributed by atoms with Gasteiger partial charge >= 0.3 is 5.97 Å². The molecule has 174 valence electrons. The van der Waals surface area contributed by atoms with Gasteiger partial charge in [-0.15, -0.1) is 0 Å². The average Bonchev–Trinajstić information content (AvgIpc) is 3.55. The Bertz CT molecular complexity index is 1020. The van der Waals surface area contributed by atoms with E-state index in [9.17, 15) is 14.0 Å². The highest BCUT2D eigenvalue weighted by atomic mass is 19.1. The van der Waals surface area contributed by atoms with Crippen LogP contribution in [0.4, 0.5) is 4.39 Å². The Hall–Kier alpha value is -2.93. The van der Waals surface area contributed by atoms with Crippen molar-refractivity contribution in [3.05, 3.63) is 64.7 Å². The van der Waals surface area contributed by atoms with Gasteiger partial charge in [-0.2, -0.15) is 0 Å². The summed E-state index contributed by atoms with van der Waals surface area (Å²) < 4.78 is 25.7. The molecular formula is C26H29FN2O4. The van der Waals surface area contributed by atoms with Crippen LogP contribution >= 0.6 is 0 Å². The van der Waals surface area contributed by atoms with Crippen molar-refractivity contribution >= 4 is 11.9 Å². The SMILES string of the molecule is O=C1CCC(C(=O)NCc2ccc(CN3Cc4ccc(OCC5CC5)cc4C(F)C3)cc2)O1. The highest BCUT2D eigenvalue weighted by Gasteiger charge is 2.29. The van der Waals surface area contributed by atoms with Gasteiger partial charge in [0.1, 0.15) is 11.9 Å². The molecule has 0 bridgehead atoms. The fraction of sp³-hybridized carbons (Fsp3) is 0.462.